The molecule has 0 aliphatic carbocycles. The number of nitrogen functional groups attached to an aromatic ring is 1. The fraction of sp³-hybridized carbons (Fsp3) is 0.692. The highest BCUT2D eigenvalue weighted by atomic mass is 32.2. The lowest BCUT2D eigenvalue weighted by atomic mass is 10.0. The van der Waals surface area contributed by atoms with E-state index in [2.05, 4.69) is 29.4 Å². The van der Waals surface area contributed by atoms with Gasteiger partial charge in [-0.05, 0) is 32.6 Å². The molecule has 1 aromatic heterocycles. The molecule has 118 valence electrons. The van der Waals surface area contributed by atoms with E-state index in [1.165, 1.54) is 6.92 Å². The van der Waals surface area contributed by atoms with Gasteiger partial charge in [-0.25, -0.2) is 0 Å². The van der Waals surface area contributed by atoms with E-state index in [1.54, 1.807) is 0 Å². The van der Waals surface area contributed by atoms with Crippen molar-refractivity contribution in [3.63, 3.8) is 0 Å². The van der Waals surface area contributed by atoms with Crippen LogP contribution in [0.2, 0.25) is 0 Å². The molecule has 0 unspecified atom stereocenters. The highest BCUT2D eigenvalue weighted by molar-refractivity contribution is 7.99. The van der Waals surface area contributed by atoms with Gasteiger partial charge in [-0.1, -0.05) is 25.6 Å². The third-order valence-corrected chi connectivity index (χ3v) is 3.88. The normalized spacial score (nSPS) is 12.4. The summed E-state index contributed by atoms with van der Waals surface area (Å²) in [6, 6.07) is 0.129. The molecule has 0 aromatic carbocycles. The predicted octanol–water partition coefficient (Wildman–Crippen LogP) is 0.694. The highest BCUT2D eigenvalue weighted by Crippen LogP contribution is 2.11. The average Bonchev–Trinajstić information content (AvgIpc) is 2.42. The lowest BCUT2D eigenvalue weighted by Crippen LogP contribution is -2.35. The predicted molar refractivity (Wildman–Crippen MR) is 83.6 cm³/mol. The summed E-state index contributed by atoms with van der Waals surface area (Å²) in [5.74, 6) is 6.27. The molecule has 0 spiro atoms. The Morgan fingerprint density at radius 2 is 2.00 bits per heavy atom. The van der Waals surface area contributed by atoms with E-state index in [-0.39, 0.29) is 28.6 Å². The first-order chi connectivity index (χ1) is 9.81. The van der Waals surface area contributed by atoms with Crippen LogP contribution in [0.1, 0.15) is 39.3 Å². The van der Waals surface area contributed by atoms with Crippen LogP contribution in [-0.4, -0.2) is 32.6 Å². The second-order valence-electron chi connectivity index (χ2n) is 5.47. The largest absolute Gasteiger partial charge is 0.353 e. The number of nitrogens with zero attached hydrogens (tertiary/aromatic N) is 3. The SMILES string of the molecule is Cc1nnc(SCC(=O)N[C@@H](C)CCC(C)C)n(N)c1=O. The number of thioether (sulfide) groups is 1. The molecule has 3 N–H and O–H groups in total. The number of rotatable bonds is 7. The quantitative estimate of drug-likeness (QED) is 0.567. The number of aromatic nitrogens is 3. The number of nitrogens with one attached hydrogen (secondary N) is 1. The maximum absolute atomic E-state index is 11.8. The Morgan fingerprint density at radius 1 is 1.33 bits per heavy atom. The fourth-order valence-corrected chi connectivity index (χ4v) is 2.33. The summed E-state index contributed by atoms with van der Waals surface area (Å²) in [5, 5.41) is 10.7. The Balaban J connectivity index is 2.47. The van der Waals surface area contributed by atoms with E-state index in [0.29, 0.717) is 5.92 Å². The third kappa shape index (κ3) is 5.74. The lowest BCUT2D eigenvalue weighted by Gasteiger charge is -2.15. The Kier molecular flexibility index (Phi) is 6.67. The highest BCUT2D eigenvalue weighted by Gasteiger charge is 2.12. The van der Waals surface area contributed by atoms with Crippen molar-refractivity contribution >= 4 is 17.7 Å². The molecule has 0 bridgehead atoms. The molecule has 1 rings (SSSR count). The summed E-state index contributed by atoms with van der Waals surface area (Å²) in [7, 11) is 0. The first-order valence-corrected chi connectivity index (χ1v) is 7.93. The van der Waals surface area contributed by atoms with E-state index in [4.69, 9.17) is 5.84 Å². The van der Waals surface area contributed by atoms with Crippen LogP contribution in [0.15, 0.2) is 9.95 Å². The van der Waals surface area contributed by atoms with Gasteiger partial charge in [-0.2, -0.15) is 4.68 Å². The Labute approximate surface area is 128 Å². The van der Waals surface area contributed by atoms with Gasteiger partial charge in [0.1, 0.15) is 5.69 Å². The third-order valence-electron chi connectivity index (χ3n) is 2.94. The van der Waals surface area contributed by atoms with E-state index in [1.807, 2.05) is 6.92 Å². The first kappa shape index (κ1) is 17.5. The average molecular weight is 313 g/mol. The van der Waals surface area contributed by atoms with Crippen molar-refractivity contribution in [2.24, 2.45) is 5.92 Å². The standard InChI is InChI=1S/C13H23N5O2S/c1-8(2)5-6-9(3)15-11(19)7-21-13-17-16-10(4)12(20)18(13)14/h8-9H,5-7,14H2,1-4H3,(H,15,19)/t9-/m0/s1. The maximum Gasteiger partial charge on any atom is 0.294 e. The first-order valence-electron chi connectivity index (χ1n) is 6.94. The monoisotopic (exact) mass is 313 g/mol. The molecule has 0 saturated carbocycles. The zero-order chi connectivity index (χ0) is 16.0. The number of nitrogens with two attached hydrogens (primary N) is 1. The van der Waals surface area contributed by atoms with Gasteiger partial charge in [0.05, 0.1) is 5.75 Å². The molecule has 1 aromatic rings. The van der Waals surface area contributed by atoms with Crippen LogP contribution in [0.4, 0.5) is 0 Å². The molecular weight excluding hydrogens is 290 g/mol. The molecular formula is C13H23N5O2S. The number of carbonyl (C=O) groups is 1. The topological polar surface area (TPSA) is 103 Å². The minimum atomic E-state index is -0.404. The summed E-state index contributed by atoms with van der Waals surface area (Å²) in [6.07, 6.45) is 2.01. The van der Waals surface area contributed by atoms with Gasteiger partial charge in [0.15, 0.2) is 0 Å². The van der Waals surface area contributed by atoms with Crippen molar-refractivity contribution in [1.29, 1.82) is 0 Å². The molecule has 8 heteroatoms. The summed E-state index contributed by atoms with van der Waals surface area (Å²) < 4.78 is 0.919. The zero-order valence-electron chi connectivity index (χ0n) is 12.9. The van der Waals surface area contributed by atoms with Crippen molar-refractivity contribution in [1.82, 2.24) is 20.2 Å². The molecule has 7 nitrogen and oxygen atoms in total. The second-order valence-corrected chi connectivity index (χ2v) is 6.41. The van der Waals surface area contributed by atoms with Crippen LogP contribution in [0.3, 0.4) is 0 Å². The van der Waals surface area contributed by atoms with Crippen LogP contribution in [0, 0.1) is 12.8 Å². The van der Waals surface area contributed by atoms with Crippen LogP contribution in [0.5, 0.6) is 0 Å². The van der Waals surface area contributed by atoms with Gasteiger partial charge in [-0.15, -0.1) is 10.2 Å². The zero-order valence-corrected chi connectivity index (χ0v) is 13.7. The lowest BCUT2D eigenvalue weighted by molar-refractivity contribution is -0.119. The summed E-state index contributed by atoms with van der Waals surface area (Å²) in [6.45, 7) is 7.83. The van der Waals surface area contributed by atoms with Gasteiger partial charge >= 0.3 is 0 Å². The van der Waals surface area contributed by atoms with Gasteiger partial charge in [0.2, 0.25) is 11.1 Å². The van der Waals surface area contributed by atoms with E-state index in [9.17, 15) is 9.59 Å². The van der Waals surface area contributed by atoms with E-state index < -0.39 is 5.56 Å². The number of hydrogen-bond acceptors (Lipinski definition) is 6. The molecule has 0 saturated heterocycles. The molecule has 21 heavy (non-hydrogen) atoms. The smallest absolute Gasteiger partial charge is 0.294 e. The van der Waals surface area contributed by atoms with Crippen molar-refractivity contribution < 1.29 is 4.79 Å². The van der Waals surface area contributed by atoms with Crippen molar-refractivity contribution in [3.8, 4) is 0 Å². The van der Waals surface area contributed by atoms with Crippen molar-refractivity contribution in [3.05, 3.63) is 16.0 Å². The molecule has 0 aliphatic rings. The fourth-order valence-electron chi connectivity index (χ4n) is 1.67. The van der Waals surface area contributed by atoms with Crippen LogP contribution >= 0.6 is 11.8 Å². The molecule has 0 aliphatic heterocycles. The van der Waals surface area contributed by atoms with Crippen LogP contribution < -0.4 is 16.7 Å². The number of carbonyl (C=O) groups excluding carboxylic acids is 1. The minimum absolute atomic E-state index is 0.105. The number of hydrogen-bond donors (Lipinski definition) is 2. The van der Waals surface area contributed by atoms with Gasteiger partial charge in [0.25, 0.3) is 5.56 Å². The van der Waals surface area contributed by atoms with Gasteiger partial charge < -0.3 is 11.2 Å². The number of aryl methyl sites for hydroxylation is 1. The summed E-state index contributed by atoms with van der Waals surface area (Å²) in [4.78, 5) is 23.4. The summed E-state index contributed by atoms with van der Waals surface area (Å²) in [5.41, 5.74) is -0.174. The molecule has 1 atom stereocenters. The second kappa shape index (κ2) is 8.02. The Hall–Kier alpha value is -1.57. The Morgan fingerprint density at radius 3 is 2.62 bits per heavy atom. The minimum Gasteiger partial charge on any atom is -0.353 e. The molecule has 1 heterocycles. The number of amides is 1. The summed E-state index contributed by atoms with van der Waals surface area (Å²) >= 11 is 1.10. The van der Waals surface area contributed by atoms with E-state index >= 15 is 0 Å². The van der Waals surface area contributed by atoms with E-state index in [0.717, 1.165) is 29.3 Å². The molecule has 1 amide bonds. The molecule has 0 radical (unpaired) electrons. The maximum atomic E-state index is 11.8. The van der Waals surface area contributed by atoms with Crippen molar-refractivity contribution in [2.45, 2.75) is 51.7 Å². The van der Waals surface area contributed by atoms with Gasteiger partial charge in [-0.3, -0.25) is 9.59 Å². The molecule has 0 fully saturated rings. The van der Waals surface area contributed by atoms with Gasteiger partial charge in [0, 0.05) is 6.04 Å². The van der Waals surface area contributed by atoms with Crippen molar-refractivity contribution in [2.75, 3.05) is 11.6 Å². The Bertz CT molecular complexity index is 544. The van der Waals surface area contributed by atoms with Crippen LogP contribution in [0.25, 0.3) is 0 Å². The van der Waals surface area contributed by atoms with Crippen LogP contribution in [-0.2, 0) is 4.79 Å².